The number of rotatable bonds is 4. The van der Waals surface area contributed by atoms with E-state index in [9.17, 15) is 4.79 Å². The Hall–Kier alpha value is -0.520. The summed E-state index contributed by atoms with van der Waals surface area (Å²) < 4.78 is 1.03. The Morgan fingerprint density at radius 1 is 1.50 bits per heavy atom. The van der Waals surface area contributed by atoms with Crippen molar-refractivity contribution in [3.63, 3.8) is 0 Å². The highest BCUT2D eigenvalue weighted by Gasteiger charge is 2.01. The molecule has 0 aliphatic rings. The first-order valence-corrected chi connectivity index (χ1v) is 5.70. The first-order chi connectivity index (χ1) is 6.72. The number of hydrogen-bond acceptors (Lipinski definition) is 3. The Kier molecular flexibility index (Phi) is 5.00. The van der Waals surface area contributed by atoms with E-state index in [-0.39, 0.29) is 5.91 Å². The van der Waals surface area contributed by atoms with E-state index in [2.05, 4.69) is 26.2 Å². The summed E-state index contributed by atoms with van der Waals surface area (Å²) in [4.78, 5) is 16.6. The molecule has 3 nitrogen and oxygen atoms in total. The minimum absolute atomic E-state index is 0.139. The molecule has 0 fully saturated rings. The van der Waals surface area contributed by atoms with Crippen molar-refractivity contribution in [2.75, 3.05) is 12.9 Å². The lowest BCUT2D eigenvalue weighted by Gasteiger charge is -2.01. The van der Waals surface area contributed by atoms with E-state index in [1.54, 1.807) is 0 Å². The molecule has 0 atom stereocenters. The summed E-state index contributed by atoms with van der Waals surface area (Å²) in [5.74, 6) is 0.218. The van der Waals surface area contributed by atoms with Crippen LogP contribution in [0.1, 0.15) is 0 Å². The molecule has 1 aromatic rings. The van der Waals surface area contributed by atoms with Crippen LogP contribution in [-0.4, -0.2) is 18.8 Å². The molecule has 0 aromatic heterocycles. The molecular weight excluding hydrogens is 266 g/mol. The summed E-state index contributed by atoms with van der Waals surface area (Å²) in [6.07, 6.45) is 0. The Morgan fingerprint density at radius 2 is 2.14 bits per heavy atom. The number of amides is 1. The molecule has 5 heteroatoms. The Balaban J connectivity index is 2.38. The van der Waals surface area contributed by atoms with Crippen molar-refractivity contribution in [2.45, 2.75) is 4.90 Å². The van der Waals surface area contributed by atoms with Gasteiger partial charge in [-0.2, -0.15) is 0 Å². The second-order valence-electron chi connectivity index (χ2n) is 2.47. The largest absolute Gasteiger partial charge is 0.277 e. The van der Waals surface area contributed by atoms with Gasteiger partial charge in [-0.05, 0) is 24.3 Å². The van der Waals surface area contributed by atoms with Crippen LogP contribution in [0, 0.1) is 0 Å². The monoisotopic (exact) mass is 275 g/mol. The summed E-state index contributed by atoms with van der Waals surface area (Å²) in [7, 11) is 1.42. The Morgan fingerprint density at radius 3 is 2.71 bits per heavy atom. The minimum Gasteiger partial charge on any atom is -0.277 e. The van der Waals surface area contributed by atoms with Crippen LogP contribution in [0.3, 0.4) is 0 Å². The third kappa shape index (κ3) is 4.13. The fraction of sp³-hybridized carbons (Fsp3) is 0.222. The van der Waals surface area contributed by atoms with Gasteiger partial charge in [-0.25, -0.2) is 5.48 Å². The quantitative estimate of drug-likeness (QED) is 0.677. The SMILES string of the molecule is CONC(=O)CSc1ccc(Br)cc1. The summed E-state index contributed by atoms with van der Waals surface area (Å²) in [6, 6.07) is 7.79. The minimum atomic E-state index is -0.139. The highest BCUT2D eigenvalue weighted by atomic mass is 79.9. The van der Waals surface area contributed by atoms with Crippen molar-refractivity contribution in [1.29, 1.82) is 0 Å². The van der Waals surface area contributed by atoms with Gasteiger partial charge in [0, 0.05) is 9.37 Å². The van der Waals surface area contributed by atoms with E-state index >= 15 is 0 Å². The molecule has 1 N–H and O–H groups in total. The fourth-order valence-corrected chi connectivity index (χ4v) is 1.77. The molecule has 0 spiro atoms. The molecule has 0 aliphatic heterocycles. The Labute approximate surface area is 95.3 Å². The van der Waals surface area contributed by atoms with Gasteiger partial charge in [0.15, 0.2) is 0 Å². The van der Waals surface area contributed by atoms with Crippen LogP contribution in [0.25, 0.3) is 0 Å². The average molecular weight is 276 g/mol. The van der Waals surface area contributed by atoms with Crippen molar-refractivity contribution < 1.29 is 9.63 Å². The standard InChI is InChI=1S/C9H10BrNO2S/c1-13-11-9(12)6-14-8-4-2-7(10)3-5-8/h2-5H,6H2,1H3,(H,11,12). The first kappa shape index (κ1) is 11.6. The second kappa shape index (κ2) is 6.06. The maximum Gasteiger partial charge on any atom is 0.253 e. The van der Waals surface area contributed by atoms with Crippen molar-refractivity contribution in [3.8, 4) is 0 Å². The number of carbonyl (C=O) groups is 1. The predicted octanol–water partition coefficient (Wildman–Crippen LogP) is 2.22. The molecule has 76 valence electrons. The molecule has 0 radical (unpaired) electrons. The summed E-state index contributed by atoms with van der Waals surface area (Å²) in [5.41, 5.74) is 2.26. The normalized spacial score (nSPS) is 9.86. The number of benzene rings is 1. The molecular formula is C9H10BrNO2S. The van der Waals surface area contributed by atoms with Crippen molar-refractivity contribution in [3.05, 3.63) is 28.7 Å². The number of carbonyl (C=O) groups excluding carboxylic acids is 1. The highest BCUT2D eigenvalue weighted by Crippen LogP contribution is 2.20. The molecule has 0 saturated heterocycles. The van der Waals surface area contributed by atoms with E-state index in [0.29, 0.717) is 5.75 Å². The van der Waals surface area contributed by atoms with Gasteiger partial charge >= 0.3 is 0 Å². The van der Waals surface area contributed by atoms with Crippen molar-refractivity contribution in [1.82, 2.24) is 5.48 Å². The number of hydroxylamine groups is 1. The smallest absolute Gasteiger partial charge is 0.253 e. The van der Waals surface area contributed by atoms with Crippen LogP contribution < -0.4 is 5.48 Å². The summed E-state index contributed by atoms with van der Waals surface area (Å²) >= 11 is 4.81. The molecule has 0 aliphatic carbocycles. The zero-order valence-electron chi connectivity index (χ0n) is 7.62. The lowest BCUT2D eigenvalue weighted by molar-refractivity contribution is -0.128. The van der Waals surface area contributed by atoms with Gasteiger partial charge in [0.25, 0.3) is 5.91 Å². The van der Waals surface area contributed by atoms with E-state index in [1.807, 2.05) is 24.3 Å². The van der Waals surface area contributed by atoms with Crippen molar-refractivity contribution >= 4 is 33.6 Å². The molecule has 1 amide bonds. The van der Waals surface area contributed by atoms with Crippen LogP contribution >= 0.6 is 27.7 Å². The lowest BCUT2D eigenvalue weighted by Crippen LogP contribution is -2.23. The summed E-state index contributed by atoms with van der Waals surface area (Å²) in [6.45, 7) is 0. The van der Waals surface area contributed by atoms with Gasteiger partial charge in [-0.1, -0.05) is 15.9 Å². The maximum atomic E-state index is 11.0. The van der Waals surface area contributed by atoms with Crippen LogP contribution in [-0.2, 0) is 9.63 Å². The van der Waals surface area contributed by atoms with Gasteiger partial charge in [-0.15, -0.1) is 11.8 Å². The van der Waals surface area contributed by atoms with Crippen LogP contribution in [0.15, 0.2) is 33.6 Å². The van der Waals surface area contributed by atoms with E-state index in [0.717, 1.165) is 9.37 Å². The fourth-order valence-electron chi connectivity index (χ4n) is 0.823. The summed E-state index contributed by atoms with van der Waals surface area (Å²) in [5, 5.41) is 0. The molecule has 0 bridgehead atoms. The number of hydrogen-bond donors (Lipinski definition) is 1. The van der Waals surface area contributed by atoms with Gasteiger partial charge in [-0.3, -0.25) is 9.63 Å². The second-order valence-corrected chi connectivity index (χ2v) is 4.44. The van der Waals surface area contributed by atoms with Crippen LogP contribution in [0.2, 0.25) is 0 Å². The maximum absolute atomic E-state index is 11.0. The topological polar surface area (TPSA) is 38.3 Å². The van der Waals surface area contributed by atoms with Gasteiger partial charge in [0.2, 0.25) is 0 Å². The lowest BCUT2D eigenvalue weighted by atomic mass is 10.4. The van der Waals surface area contributed by atoms with Gasteiger partial charge < -0.3 is 0 Å². The van der Waals surface area contributed by atoms with Crippen LogP contribution in [0.5, 0.6) is 0 Å². The van der Waals surface area contributed by atoms with Gasteiger partial charge in [0.1, 0.15) is 0 Å². The molecule has 0 unspecified atom stereocenters. The molecule has 0 heterocycles. The molecule has 1 rings (SSSR count). The van der Waals surface area contributed by atoms with Crippen molar-refractivity contribution in [2.24, 2.45) is 0 Å². The third-order valence-electron chi connectivity index (χ3n) is 1.40. The van der Waals surface area contributed by atoms with Crippen LogP contribution in [0.4, 0.5) is 0 Å². The zero-order chi connectivity index (χ0) is 10.4. The molecule has 0 saturated carbocycles. The Bertz CT molecular complexity index is 302. The number of halogens is 1. The average Bonchev–Trinajstić information content (AvgIpc) is 2.17. The van der Waals surface area contributed by atoms with E-state index in [4.69, 9.17) is 0 Å². The predicted molar refractivity (Wildman–Crippen MR) is 60.0 cm³/mol. The highest BCUT2D eigenvalue weighted by molar-refractivity contribution is 9.10. The first-order valence-electron chi connectivity index (χ1n) is 3.92. The molecule has 1 aromatic carbocycles. The number of nitrogens with one attached hydrogen (secondary N) is 1. The zero-order valence-corrected chi connectivity index (χ0v) is 10.0. The molecule has 14 heavy (non-hydrogen) atoms. The van der Waals surface area contributed by atoms with Gasteiger partial charge in [0.05, 0.1) is 12.9 Å². The van der Waals surface area contributed by atoms with E-state index < -0.39 is 0 Å². The third-order valence-corrected chi connectivity index (χ3v) is 2.94. The van der Waals surface area contributed by atoms with E-state index in [1.165, 1.54) is 18.9 Å². The number of thioether (sulfide) groups is 1.